The standard InChI is InChI=1S/C7H10N6/c8-2-1-4-5-6(9)10-3-11-7(5)13-12-4/h3H,1-2,8H2,(H3,9,10,11,12,13). The Kier molecular flexibility index (Phi) is 1.82. The van der Waals surface area contributed by atoms with Crippen LogP contribution in [0.15, 0.2) is 6.33 Å². The van der Waals surface area contributed by atoms with Gasteiger partial charge >= 0.3 is 0 Å². The molecule has 0 atom stereocenters. The molecule has 5 N–H and O–H groups in total. The molecule has 2 heterocycles. The normalized spacial score (nSPS) is 10.8. The van der Waals surface area contributed by atoms with Crippen molar-refractivity contribution in [3.63, 3.8) is 0 Å². The average Bonchev–Trinajstić information content (AvgIpc) is 2.51. The highest BCUT2D eigenvalue weighted by Crippen LogP contribution is 2.18. The molecule has 0 aliphatic heterocycles. The van der Waals surface area contributed by atoms with Crippen LogP contribution < -0.4 is 11.5 Å². The highest BCUT2D eigenvalue weighted by Gasteiger charge is 2.08. The van der Waals surface area contributed by atoms with E-state index in [2.05, 4.69) is 20.2 Å². The van der Waals surface area contributed by atoms with Gasteiger partial charge in [-0.05, 0) is 6.54 Å². The van der Waals surface area contributed by atoms with Crippen molar-refractivity contribution in [2.45, 2.75) is 6.42 Å². The Labute approximate surface area is 74.4 Å². The van der Waals surface area contributed by atoms with Crippen LogP contribution in [-0.4, -0.2) is 26.7 Å². The van der Waals surface area contributed by atoms with Crippen LogP contribution in [0, 0.1) is 0 Å². The fourth-order valence-corrected chi connectivity index (χ4v) is 1.27. The Bertz CT molecular complexity index is 420. The monoisotopic (exact) mass is 178 g/mol. The van der Waals surface area contributed by atoms with Crippen molar-refractivity contribution < 1.29 is 0 Å². The quantitative estimate of drug-likeness (QED) is 0.571. The summed E-state index contributed by atoms with van der Waals surface area (Å²) in [7, 11) is 0. The first-order valence-electron chi connectivity index (χ1n) is 3.96. The number of aromatic nitrogens is 4. The summed E-state index contributed by atoms with van der Waals surface area (Å²) in [5.41, 5.74) is 12.6. The van der Waals surface area contributed by atoms with E-state index in [0.29, 0.717) is 24.4 Å². The van der Waals surface area contributed by atoms with E-state index in [4.69, 9.17) is 11.5 Å². The van der Waals surface area contributed by atoms with Crippen LogP contribution in [0.1, 0.15) is 5.69 Å². The molecule has 0 radical (unpaired) electrons. The van der Waals surface area contributed by atoms with Gasteiger partial charge in [0.2, 0.25) is 0 Å². The number of rotatable bonds is 2. The molecular formula is C7H10N6. The van der Waals surface area contributed by atoms with Crippen LogP contribution in [0.5, 0.6) is 0 Å². The van der Waals surface area contributed by atoms with Gasteiger partial charge in [0.15, 0.2) is 5.65 Å². The number of anilines is 1. The van der Waals surface area contributed by atoms with E-state index in [9.17, 15) is 0 Å². The molecule has 0 spiro atoms. The first-order valence-corrected chi connectivity index (χ1v) is 3.96. The number of nitrogen functional groups attached to an aromatic ring is 1. The maximum absolute atomic E-state index is 5.68. The lowest BCUT2D eigenvalue weighted by molar-refractivity contribution is 0.908. The molecule has 6 heteroatoms. The van der Waals surface area contributed by atoms with Gasteiger partial charge in [-0.25, -0.2) is 9.97 Å². The fraction of sp³-hybridized carbons (Fsp3) is 0.286. The maximum atomic E-state index is 5.68. The molecule has 0 aliphatic rings. The summed E-state index contributed by atoms with van der Waals surface area (Å²) in [4.78, 5) is 7.86. The third-order valence-corrected chi connectivity index (χ3v) is 1.85. The first kappa shape index (κ1) is 7.93. The molecule has 6 nitrogen and oxygen atoms in total. The van der Waals surface area contributed by atoms with E-state index in [1.807, 2.05) is 0 Å². The summed E-state index contributed by atoms with van der Waals surface area (Å²) in [6, 6.07) is 0. The summed E-state index contributed by atoms with van der Waals surface area (Å²) in [5, 5.41) is 7.61. The minimum atomic E-state index is 0.446. The predicted octanol–water partition coefficient (Wildman–Crippen LogP) is -0.564. The van der Waals surface area contributed by atoms with Crippen LogP contribution in [0.2, 0.25) is 0 Å². The Hall–Kier alpha value is -1.69. The maximum Gasteiger partial charge on any atom is 0.186 e. The fourth-order valence-electron chi connectivity index (χ4n) is 1.27. The van der Waals surface area contributed by atoms with Gasteiger partial charge < -0.3 is 11.5 Å². The van der Waals surface area contributed by atoms with Gasteiger partial charge in [0.25, 0.3) is 0 Å². The van der Waals surface area contributed by atoms with E-state index in [-0.39, 0.29) is 0 Å². The third-order valence-electron chi connectivity index (χ3n) is 1.85. The second kappa shape index (κ2) is 2.98. The van der Waals surface area contributed by atoms with Crippen LogP contribution in [0.3, 0.4) is 0 Å². The molecular weight excluding hydrogens is 168 g/mol. The molecule has 0 saturated carbocycles. The van der Waals surface area contributed by atoms with E-state index in [1.54, 1.807) is 0 Å². The molecule has 2 rings (SSSR count). The van der Waals surface area contributed by atoms with Crippen LogP contribution in [-0.2, 0) is 6.42 Å². The third kappa shape index (κ3) is 1.20. The summed E-state index contributed by atoms with van der Waals surface area (Å²) < 4.78 is 0. The Balaban J connectivity index is 2.64. The van der Waals surface area contributed by atoms with Crippen molar-refractivity contribution in [1.29, 1.82) is 0 Å². The van der Waals surface area contributed by atoms with Crippen LogP contribution >= 0.6 is 0 Å². The minimum Gasteiger partial charge on any atom is -0.383 e. The predicted molar refractivity (Wildman–Crippen MR) is 48.9 cm³/mol. The number of hydrogen-bond acceptors (Lipinski definition) is 5. The summed E-state index contributed by atoms with van der Waals surface area (Å²) >= 11 is 0. The zero-order chi connectivity index (χ0) is 9.26. The zero-order valence-corrected chi connectivity index (χ0v) is 6.99. The molecule has 0 amide bonds. The minimum absolute atomic E-state index is 0.446. The van der Waals surface area contributed by atoms with Crippen molar-refractivity contribution in [1.82, 2.24) is 20.2 Å². The van der Waals surface area contributed by atoms with Gasteiger partial charge in [0, 0.05) is 12.1 Å². The van der Waals surface area contributed by atoms with Gasteiger partial charge in [0.05, 0.1) is 5.39 Å². The Morgan fingerprint density at radius 2 is 2.23 bits per heavy atom. The van der Waals surface area contributed by atoms with Gasteiger partial charge in [-0.2, -0.15) is 5.10 Å². The molecule has 13 heavy (non-hydrogen) atoms. The van der Waals surface area contributed by atoms with E-state index in [0.717, 1.165) is 11.1 Å². The highest BCUT2D eigenvalue weighted by molar-refractivity contribution is 5.87. The van der Waals surface area contributed by atoms with Crippen molar-refractivity contribution in [2.24, 2.45) is 5.73 Å². The zero-order valence-electron chi connectivity index (χ0n) is 6.99. The summed E-state index contributed by atoms with van der Waals surface area (Å²) in [5.74, 6) is 0.446. The molecule has 0 unspecified atom stereocenters. The number of nitrogens with one attached hydrogen (secondary N) is 1. The second-order valence-corrected chi connectivity index (χ2v) is 2.70. The Morgan fingerprint density at radius 1 is 1.38 bits per heavy atom. The number of hydrogen-bond donors (Lipinski definition) is 3. The lowest BCUT2D eigenvalue weighted by Crippen LogP contribution is -2.04. The molecule has 0 aliphatic carbocycles. The van der Waals surface area contributed by atoms with Crippen molar-refractivity contribution in [3.05, 3.63) is 12.0 Å². The van der Waals surface area contributed by atoms with Crippen LogP contribution in [0.4, 0.5) is 5.82 Å². The topological polar surface area (TPSA) is 106 Å². The summed E-state index contributed by atoms with van der Waals surface area (Å²) in [6.45, 7) is 0.547. The van der Waals surface area contributed by atoms with Gasteiger partial charge in [-0.15, -0.1) is 0 Å². The number of aromatic amines is 1. The molecule has 0 bridgehead atoms. The summed E-state index contributed by atoms with van der Waals surface area (Å²) in [6.07, 6.45) is 2.10. The molecule has 0 fully saturated rings. The lowest BCUT2D eigenvalue weighted by Gasteiger charge is -1.96. The highest BCUT2D eigenvalue weighted by atomic mass is 15.2. The Morgan fingerprint density at radius 3 is 3.00 bits per heavy atom. The van der Waals surface area contributed by atoms with Crippen molar-refractivity contribution in [2.75, 3.05) is 12.3 Å². The first-order chi connectivity index (χ1) is 6.33. The number of nitrogens with two attached hydrogens (primary N) is 2. The van der Waals surface area contributed by atoms with Crippen LogP contribution in [0.25, 0.3) is 11.0 Å². The van der Waals surface area contributed by atoms with Gasteiger partial charge in [-0.1, -0.05) is 0 Å². The van der Waals surface area contributed by atoms with Crippen molar-refractivity contribution in [3.8, 4) is 0 Å². The molecule has 0 aromatic carbocycles. The SMILES string of the molecule is NCCc1[nH]nc2ncnc(N)c12. The lowest BCUT2D eigenvalue weighted by atomic mass is 10.2. The van der Waals surface area contributed by atoms with Crippen molar-refractivity contribution >= 4 is 16.9 Å². The largest absolute Gasteiger partial charge is 0.383 e. The van der Waals surface area contributed by atoms with E-state index in [1.165, 1.54) is 6.33 Å². The molecule has 2 aromatic rings. The average molecular weight is 178 g/mol. The number of fused-ring (bicyclic) bond motifs is 1. The van der Waals surface area contributed by atoms with Gasteiger partial charge in [0.1, 0.15) is 12.1 Å². The second-order valence-electron chi connectivity index (χ2n) is 2.70. The molecule has 68 valence electrons. The van der Waals surface area contributed by atoms with Gasteiger partial charge in [-0.3, -0.25) is 5.10 Å². The smallest absolute Gasteiger partial charge is 0.186 e. The van der Waals surface area contributed by atoms with E-state index >= 15 is 0 Å². The molecule has 2 aromatic heterocycles. The molecule has 0 saturated heterocycles. The number of H-pyrrole nitrogens is 1. The number of nitrogens with zero attached hydrogens (tertiary/aromatic N) is 3. The van der Waals surface area contributed by atoms with E-state index < -0.39 is 0 Å².